The number of nitrogens with one attached hydrogen (secondary N) is 1. The number of hydrogen-bond acceptors (Lipinski definition) is 4. The smallest absolute Gasteiger partial charge is 0.185 e. The number of hydrogen-bond donors (Lipinski definition) is 1. The number of aryl methyl sites for hydroxylation is 1. The molecule has 1 heterocycles. The highest BCUT2D eigenvalue weighted by Crippen LogP contribution is 2.31. The third-order valence-corrected chi connectivity index (χ3v) is 5.50. The van der Waals surface area contributed by atoms with E-state index in [1.165, 1.54) is 54.2 Å². The van der Waals surface area contributed by atoms with Gasteiger partial charge in [0.2, 0.25) is 0 Å². The van der Waals surface area contributed by atoms with Crippen LogP contribution in [0.25, 0.3) is 0 Å². The van der Waals surface area contributed by atoms with Crippen LogP contribution >= 0.6 is 11.3 Å². The lowest BCUT2D eigenvalue weighted by Gasteiger charge is -2.26. The van der Waals surface area contributed by atoms with Crippen LogP contribution in [0, 0.1) is 0 Å². The van der Waals surface area contributed by atoms with Crippen LogP contribution in [-0.2, 0) is 13.0 Å². The summed E-state index contributed by atoms with van der Waals surface area (Å²) in [4.78, 5) is 8.76. The Kier molecular flexibility index (Phi) is 6.30. The molecule has 0 saturated heterocycles. The number of rotatable bonds is 6. The van der Waals surface area contributed by atoms with Crippen molar-refractivity contribution >= 4 is 16.5 Å². The van der Waals surface area contributed by atoms with Gasteiger partial charge in [0.25, 0.3) is 0 Å². The fourth-order valence-corrected chi connectivity index (χ4v) is 4.13. The molecule has 0 bridgehead atoms. The molecule has 0 aromatic carbocycles. The predicted molar refractivity (Wildman–Crippen MR) is 88.8 cm³/mol. The van der Waals surface area contributed by atoms with Crippen molar-refractivity contribution in [2.75, 3.05) is 18.5 Å². The van der Waals surface area contributed by atoms with Gasteiger partial charge in [0.05, 0.1) is 5.69 Å². The molecular formula is C16H29N3S. The minimum absolute atomic E-state index is 0.695. The summed E-state index contributed by atoms with van der Waals surface area (Å²) in [5.41, 5.74) is 1.28. The van der Waals surface area contributed by atoms with Gasteiger partial charge >= 0.3 is 0 Å². The maximum atomic E-state index is 4.89. The van der Waals surface area contributed by atoms with E-state index in [9.17, 15) is 0 Å². The van der Waals surface area contributed by atoms with Gasteiger partial charge in [-0.05, 0) is 25.8 Å². The summed E-state index contributed by atoms with van der Waals surface area (Å²) in [5.74, 6) is 0. The molecule has 0 unspecified atom stereocenters. The van der Waals surface area contributed by atoms with Crippen LogP contribution in [0.1, 0.15) is 62.9 Å². The maximum Gasteiger partial charge on any atom is 0.185 e. The van der Waals surface area contributed by atoms with Crippen LogP contribution in [0.3, 0.4) is 0 Å². The number of thiazole rings is 1. The summed E-state index contributed by atoms with van der Waals surface area (Å²) in [6.07, 6.45) is 9.29. The Labute approximate surface area is 127 Å². The van der Waals surface area contributed by atoms with E-state index in [1.807, 2.05) is 11.3 Å². The Morgan fingerprint density at radius 1 is 1.20 bits per heavy atom. The fraction of sp³-hybridized carbons (Fsp3) is 0.812. The summed E-state index contributed by atoms with van der Waals surface area (Å²) in [7, 11) is 2.24. The first-order valence-corrected chi connectivity index (χ1v) is 9.00. The van der Waals surface area contributed by atoms with Crippen LogP contribution in [0.15, 0.2) is 0 Å². The molecule has 0 amide bonds. The molecule has 1 aliphatic carbocycles. The Hall–Kier alpha value is -0.610. The largest absolute Gasteiger partial charge is 0.348 e. The third-order valence-electron chi connectivity index (χ3n) is 4.31. The second-order valence-corrected chi connectivity index (χ2v) is 6.82. The topological polar surface area (TPSA) is 28.2 Å². The SMILES string of the molecule is CCNCc1sc(N(C)C2CCCCCC2)nc1CC. The van der Waals surface area contributed by atoms with Gasteiger partial charge in [-0.15, -0.1) is 11.3 Å². The van der Waals surface area contributed by atoms with E-state index in [0.717, 1.165) is 19.5 Å². The summed E-state index contributed by atoms with van der Waals surface area (Å²) in [5, 5.41) is 4.66. The molecule has 114 valence electrons. The van der Waals surface area contributed by atoms with Crippen molar-refractivity contribution in [3.05, 3.63) is 10.6 Å². The van der Waals surface area contributed by atoms with E-state index in [0.29, 0.717) is 6.04 Å². The van der Waals surface area contributed by atoms with E-state index < -0.39 is 0 Å². The maximum absolute atomic E-state index is 4.89. The number of anilines is 1. The molecule has 0 radical (unpaired) electrons. The summed E-state index contributed by atoms with van der Waals surface area (Å²) >= 11 is 1.88. The minimum Gasteiger partial charge on any atom is -0.348 e. The van der Waals surface area contributed by atoms with E-state index in [1.54, 1.807) is 0 Å². The first-order chi connectivity index (χ1) is 9.76. The molecule has 3 nitrogen and oxygen atoms in total. The molecule has 1 aliphatic rings. The van der Waals surface area contributed by atoms with Crippen molar-refractivity contribution in [1.29, 1.82) is 0 Å². The third kappa shape index (κ3) is 3.95. The Bertz CT molecular complexity index is 394. The highest BCUT2D eigenvalue weighted by Gasteiger charge is 2.21. The fourth-order valence-electron chi connectivity index (χ4n) is 2.97. The normalized spacial score (nSPS) is 17.1. The van der Waals surface area contributed by atoms with Gasteiger partial charge in [0.15, 0.2) is 5.13 Å². The van der Waals surface area contributed by atoms with Crippen molar-refractivity contribution in [3.63, 3.8) is 0 Å². The van der Waals surface area contributed by atoms with Crippen LogP contribution in [0.5, 0.6) is 0 Å². The van der Waals surface area contributed by atoms with Crippen molar-refractivity contribution < 1.29 is 0 Å². The van der Waals surface area contributed by atoms with Gasteiger partial charge < -0.3 is 10.2 Å². The van der Waals surface area contributed by atoms with Crippen molar-refractivity contribution in [3.8, 4) is 0 Å². The molecular weight excluding hydrogens is 266 g/mol. The zero-order valence-electron chi connectivity index (χ0n) is 13.2. The molecule has 1 fully saturated rings. The van der Waals surface area contributed by atoms with E-state index in [4.69, 9.17) is 4.98 Å². The Morgan fingerprint density at radius 3 is 2.50 bits per heavy atom. The molecule has 0 spiro atoms. The summed E-state index contributed by atoms with van der Waals surface area (Å²) in [6.45, 7) is 6.36. The summed E-state index contributed by atoms with van der Waals surface area (Å²) < 4.78 is 0. The molecule has 2 rings (SSSR count). The quantitative estimate of drug-likeness (QED) is 0.805. The molecule has 1 N–H and O–H groups in total. The molecule has 1 aromatic heterocycles. The molecule has 4 heteroatoms. The van der Waals surface area contributed by atoms with Crippen molar-refractivity contribution in [2.45, 2.75) is 71.4 Å². The second kappa shape index (κ2) is 7.99. The molecule has 1 saturated carbocycles. The van der Waals surface area contributed by atoms with Gasteiger partial charge in [-0.25, -0.2) is 4.98 Å². The molecule has 0 atom stereocenters. The monoisotopic (exact) mass is 295 g/mol. The van der Waals surface area contributed by atoms with E-state index in [2.05, 4.69) is 31.1 Å². The predicted octanol–water partition coefficient (Wildman–Crippen LogP) is 3.97. The average Bonchev–Trinajstić information content (AvgIpc) is 2.69. The van der Waals surface area contributed by atoms with Crippen LogP contribution in [0.2, 0.25) is 0 Å². The van der Waals surface area contributed by atoms with Gasteiger partial charge in [-0.1, -0.05) is 39.5 Å². The zero-order chi connectivity index (χ0) is 14.4. The van der Waals surface area contributed by atoms with Gasteiger partial charge in [-0.2, -0.15) is 0 Å². The average molecular weight is 295 g/mol. The zero-order valence-corrected chi connectivity index (χ0v) is 14.1. The number of nitrogens with zero attached hydrogens (tertiary/aromatic N) is 2. The summed E-state index contributed by atoms with van der Waals surface area (Å²) in [6, 6.07) is 0.695. The van der Waals surface area contributed by atoms with Gasteiger partial charge in [-0.3, -0.25) is 0 Å². The van der Waals surface area contributed by atoms with Crippen molar-refractivity contribution in [1.82, 2.24) is 10.3 Å². The lowest BCUT2D eigenvalue weighted by Crippen LogP contribution is -2.30. The van der Waals surface area contributed by atoms with Gasteiger partial charge in [0, 0.05) is 24.5 Å². The van der Waals surface area contributed by atoms with Crippen molar-refractivity contribution in [2.24, 2.45) is 0 Å². The van der Waals surface area contributed by atoms with Crippen LogP contribution in [0.4, 0.5) is 5.13 Å². The first-order valence-electron chi connectivity index (χ1n) is 8.18. The van der Waals surface area contributed by atoms with E-state index >= 15 is 0 Å². The Morgan fingerprint density at radius 2 is 1.90 bits per heavy atom. The molecule has 0 aliphatic heterocycles. The second-order valence-electron chi connectivity index (χ2n) is 5.76. The molecule has 1 aromatic rings. The molecule has 20 heavy (non-hydrogen) atoms. The minimum atomic E-state index is 0.695. The lowest BCUT2D eigenvalue weighted by molar-refractivity contribution is 0.552. The van der Waals surface area contributed by atoms with Crippen LogP contribution < -0.4 is 10.2 Å². The number of aromatic nitrogens is 1. The highest BCUT2D eigenvalue weighted by atomic mass is 32.1. The van der Waals surface area contributed by atoms with Crippen LogP contribution in [-0.4, -0.2) is 24.6 Å². The van der Waals surface area contributed by atoms with E-state index in [-0.39, 0.29) is 0 Å². The van der Waals surface area contributed by atoms with Gasteiger partial charge in [0.1, 0.15) is 0 Å². The lowest BCUT2D eigenvalue weighted by atomic mass is 10.1. The Balaban J connectivity index is 2.08. The standard InChI is InChI=1S/C16H29N3S/c1-4-14-15(12-17-5-2)20-16(18-14)19(3)13-10-8-6-7-9-11-13/h13,17H,4-12H2,1-3H3. The first kappa shape index (κ1) is 15.8. The highest BCUT2D eigenvalue weighted by molar-refractivity contribution is 7.15.